The van der Waals surface area contributed by atoms with Crippen LogP contribution in [0.3, 0.4) is 0 Å². The van der Waals surface area contributed by atoms with Crippen LogP contribution in [0.2, 0.25) is 0 Å². The summed E-state index contributed by atoms with van der Waals surface area (Å²) in [5, 5.41) is 9.06. The van der Waals surface area contributed by atoms with Gasteiger partial charge in [-0.1, -0.05) is 6.92 Å². The number of nitrogens with two attached hydrogens (primary N) is 2. The lowest BCUT2D eigenvalue weighted by molar-refractivity contribution is -0.0659. The number of anilines is 2. The molecule has 150 valence electrons. The number of alkyl halides is 2. The number of amidine groups is 1. The molecule has 0 aliphatic heterocycles. The summed E-state index contributed by atoms with van der Waals surface area (Å²) in [4.78, 5) is 19.4. The molecule has 0 bridgehead atoms. The number of hydrogen-bond donors (Lipinski definition) is 4. The first-order chi connectivity index (χ1) is 13.0. The molecule has 0 spiro atoms. The molecule has 2 rings (SSSR count). The van der Waals surface area contributed by atoms with Crippen molar-refractivity contribution >= 4 is 23.4 Å². The summed E-state index contributed by atoms with van der Waals surface area (Å²) in [5.41, 5.74) is 9.17. The Morgan fingerprint density at radius 1 is 1.39 bits per heavy atom. The molecule has 0 aliphatic rings. The summed E-state index contributed by atoms with van der Waals surface area (Å²) in [6.45, 7) is -0.253. The van der Waals surface area contributed by atoms with Crippen molar-refractivity contribution in [2.75, 3.05) is 17.7 Å². The normalized spacial score (nSPS) is 12.3. The molecule has 2 aromatic rings. The van der Waals surface area contributed by atoms with Gasteiger partial charge < -0.3 is 21.5 Å². The predicted octanol–water partition coefficient (Wildman–Crippen LogP) is 2.24. The van der Waals surface area contributed by atoms with Crippen LogP contribution in [0, 0.1) is 17.0 Å². The van der Waals surface area contributed by atoms with Crippen molar-refractivity contribution in [1.82, 2.24) is 9.97 Å². The van der Waals surface area contributed by atoms with Crippen LogP contribution in [0.1, 0.15) is 29.0 Å². The molecule has 0 saturated carbocycles. The van der Waals surface area contributed by atoms with E-state index in [9.17, 15) is 22.4 Å². The maximum Gasteiger partial charge on any atom is 0.289 e. The second-order valence-electron chi connectivity index (χ2n) is 5.74. The summed E-state index contributed by atoms with van der Waals surface area (Å²) in [7, 11) is 0. The summed E-state index contributed by atoms with van der Waals surface area (Å²) in [6.07, 6.45) is 0.770. The Hall–Kier alpha value is -3.44. The minimum atomic E-state index is -3.61. The van der Waals surface area contributed by atoms with E-state index in [0.29, 0.717) is 0 Å². The quantitative estimate of drug-likeness (QED) is 0.333. The lowest BCUT2D eigenvalue weighted by Crippen LogP contribution is -2.34. The Balaban J connectivity index is 2.24. The maximum atomic E-state index is 14.2. The molecule has 1 amide bonds. The Kier molecular flexibility index (Phi) is 6.01. The number of halogens is 4. The van der Waals surface area contributed by atoms with E-state index in [4.69, 9.17) is 16.9 Å². The first kappa shape index (κ1) is 20.9. The minimum Gasteiger partial charge on any atom is -0.459 e. The average Bonchev–Trinajstić information content (AvgIpc) is 2.61. The molecule has 0 radical (unpaired) electrons. The van der Waals surface area contributed by atoms with Gasteiger partial charge in [0, 0.05) is 6.07 Å². The first-order valence-corrected chi connectivity index (χ1v) is 7.74. The van der Waals surface area contributed by atoms with E-state index in [1.54, 1.807) is 0 Å². The van der Waals surface area contributed by atoms with Crippen LogP contribution in [-0.4, -0.2) is 34.4 Å². The number of hydrogen-bond acceptors (Lipinski definition) is 6. The Bertz CT molecular complexity index is 909. The molecule has 12 heteroatoms. The summed E-state index contributed by atoms with van der Waals surface area (Å²) < 4.78 is 59.7. The molecule has 28 heavy (non-hydrogen) atoms. The van der Waals surface area contributed by atoms with Gasteiger partial charge in [-0.25, -0.2) is 27.5 Å². The van der Waals surface area contributed by atoms with Gasteiger partial charge in [-0.05, 0) is 12.1 Å². The molecule has 8 nitrogen and oxygen atoms in total. The summed E-state index contributed by atoms with van der Waals surface area (Å²) in [6, 6.07) is 1.86. The van der Waals surface area contributed by atoms with Gasteiger partial charge in [-0.15, -0.1) is 0 Å². The minimum absolute atomic E-state index is 0.248. The molecule has 0 saturated heterocycles. The molecule has 2 aromatic heterocycles. The van der Waals surface area contributed by atoms with E-state index >= 15 is 0 Å². The summed E-state index contributed by atoms with van der Waals surface area (Å²) in [5.74, 6) is -8.29. The van der Waals surface area contributed by atoms with Gasteiger partial charge in [0.05, 0.1) is 23.5 Å². The van der Waals surface area contributed by atoms with Crippen LogP contribution in [0.15, 0.2) is 24.4 Å². The highest BCUT2D eigenvalue weighted by molar-refractivity contribution is 6.05. The number of rotatable bonds is 6. The number of ether oxygens (including phenoxy) is 1. The Morgan fingerprint density at radius 3 is 2.68 bits per heavy atom. The van der Waals surface area contributed by atoms with E-state index < -0.39 is 47.7 Å². The molecule has 1 atom stereocenters. The fourth-order valence-electron chi connectivity index (χ4n) is 2.15. The second-order valence-corrected chi connectivity index (χ2v) is 5.74. The smallest absolute Gasteiger partial charge is 0.289 e. The number of carbonyl (C=O) groups excluding carboxylic acids is 1. The monoisotopic (exact) mass is 400 g/mol. The summed E-state index contributed by atoms with van der Waals surface area (Å²) >= 11 is 0. The molecule has 0 aliphatic carbocycles. The number of carbonyl (C=O) groups is 1. The van der Waals surface area contributed by atoms with Gasteiger partial charge in [0.15, 0.2) is 12.3 Å². The molecular weight excluding hydrogens is 384 g/mol. The molecular formula is C16H16F4N6O2. The van der Waals surface area contributed by atoms with Gasteiger partial charge in [0.1, 0.15) is 17.5 Å². The Labute approximate surface area is 156 Å². The highest BCUT2D eigenvalue weighted by Gasteiger charge is 2.41. The van der Waals surface area contributed by atoms with Crippen molar-refractivity contribution in [2.45, 2.75) is 18.8 Å². The second kappa shape index (κ2) is 8.06. The van der Waals surface area contributed by atoms with E-state index in [-0.39, 0.29) is 17.2 Å². The van der Waals surface area contributed by atoms with Crippen LogP contribution in [0.4, 0.5) is 29.1 Å². The standard InChI is InChI=1S/C16H16F4N6O2/c1-7(16(19,20)6-28-15(22)23)12-9(18)2-3-11(25-12)26-14(27)13-10(21)4-8(17)5-24-13/h2-5,7H,6,21H2,1H3,(H3,22,23)(H,25,26,27)/t7-/m0/s1. The number of pyridine rings is 2. The molecule has 0 aromatic carbocycles. The third-order valence-corrected chi connectivity index (χ3v) is 3.68. The van der Waals surface area contributed by atoms with Crippen molar-refractivity contribution in [3.05, 3.63) is 47.4 Å². The van der Waals surface area contributed by atoms with E-state index in [2.05, 4.69) is 20.0 Å². The number of amides is 1. The number of nitrogens with zero attached hydrogens (tertiary/aromatic N) is 2. The fraction of sp³-hybridized carbons (Fsp3) is 0.250. The zero-order chi connectivity index (χ0) is 21.1. The molecule has 0 fully saturated rings. The van der Waals surface area contributed by atoms with Crippen LogP contribution >= 0.6 is 0 Å². The van der Waals surface area contributed by atoms with Gasteiger partial charge in [-0.3, -0.25) is 10.2 Å². The largest absolute Gasteiger partial charge is 0.459 e. The third-order valence-electron chi connectivity index (χ3n) is 3.68. The highest BCUT2D eigenvalue weighted by atomic mass is 19.3. The van der Waals surface area contributed by atoms with Crippen molar-refractivity contribution in [3.8, 4) is 0 Å². The average molecular weight is 400 g/mol. The van der Waals surface area contributed by atoms with E-state index in [1.807, 2.05) is 0 Å². The lowest BCUT2D eigenvalue weighted by atomic mass is 9.99. The van der Waals surface area contributed by atoms with Crippen LogP contribution in [0.5, 0.6) is 0 Å². The predicted molar refractivity (Wildman–Crippen MR) is 92.0 cm³/mol. The van der Waals surface area contributed by atoms with Gasteiger partial charge >= 0.3 is 0 Å². The topological polar surface area (TPSA) is 140 Å². The van der Waals surface area contributed by atoms with Crippen LogP contribution in [0.25, 0.3) is 0 Å². The zero-order valence-corrected chi connectivity index (χ0v) is 14.5. The van der Waals surface area contributed by atoms with Crippen molar-refractivity contribution in [1.29, 1.82) is 5.41 Å². The molecule has 0 unspecified atom stereocenters. The highest BCUT2D eigenvalue weighted by Crippen LogP contribution is 2.34. The molecule has 6 N–H and O–H groups in total. The van der Waals surface area contributed by atoms with E-state index in [0.717, 1.165) is 31.3 Å². The zero-order valence-electron chi connectivity index (χ0n) is 14.5. The number of nitrogens with one attached hydrogen (secondary N) is 2. The number of aromatic nitrogens is 2. The van der Waals surface area contributed by atoms with Gasteiger partial charge in [-0.2, -0.15) is 0 Å². The molecule has 2 heterocycles. The van der Waals surface area contributed by atoms with Crippen molar-refractivity contribution < 1.29 is 27.1 Å². The van der Waals surface area contributed by atoms with Crippen molar-refractivity contribution in [3.63, 3.8) is 0 Å². The van der Waals surface area contributed by atoms with E-state index in [1.165, 1.54) is 0 Å². The maximum absolute atomic E-state index is 14.2. The van der Waals surface area contributed by atoms with Crippen molar-refractivity contribution in [2.24, 2.45) is 5.73 Å². The number of nitrogen functional groups attached to an aromatic ring is 1. The first-order valence-electron chi connectivity index (χ1n) is 7.74. The lowest BCUT2D eigenvalue weighted by Gasteiger charge is -2.23. The third kappa shape index (κ3) is 4.84. The fourth-order valence-corrected chi connectivity index (χ4v) is 2.15. The van der Waals surface area contributed by atoms with Gasteiger partial charge in [0.2, 0.25) is 0 Å². The van der Waals surface area contributed by atoms with Crippen LogP contribution < -0.4 is 16.8 Å². The SMILES string of the molecule is C[C@@H](c1nc(NC(=O)c2ncc(F)cc2N)ccc1F)C(F)(F)COC(=N)N. The van der Waals surface area contributed by atoms with Gasteiger partial charge in [0.25, 0.3) is 17.9 Å². The Morgan fingerprint density at radius 2 is 2.07 bits per heavy atom. The van der Waals surface area contributed by atoms with Crippen LogP contribution in [-0.2, 0) is 4.74 Å².